The molecule has 1 aromatic heterocycles. The minimum absolute atomic E-state index is 0.0752. The van der Waals surface area contributed by atoms with Crippen molar-refractivity contribution in [3.05, 3.63) is 56.0 Å². The zero-order valence-corrected chi connectivity index (χ0v) is 14.3. The lowest BCUT2D eigenvalue weighted by Gasteiger charge is -2.44. The smallest absolute Gasteiger partial charge is 0.224 e. The SMILES string of the molecule is CN1Cc2c(Cl)nc(Cl)nc2CC12CCc1ccc(Cl)cc12. The molecule has 0 N–H and O–H groups in total. The fourth-order valence-corrected chi connectivity index (χ4v) is 4.48. The average Bonchev–Trinajstić information content (AvgIpc) is 2.81. The highest BCUT2D eigenvalue weighted by molar-refractivity contribution is 6.32. The molecule has 0 saturated carbocycles. The molecule has 0 bridgehead atoms. The van der Waals surface area contributed by atoms with E-state index in [1.165, 1.54) is 11.1 Å². The number of nitrogens with zero attached hydrogens (tertiary/aromatic N) is 3. The maximum Gasteiger partial charge on any atom is 0.224 e. The normalized spacial score (nSPS) is 23.6. The van der Waals surface area contributed by atoms with E-state index in [0.717, 1.165) is 42.1 Å². The van der Waals surface area contributed by atoms with E-state index in [4.69, 9.17) is 34.8 Å². The van der Waals surface area contributed by atoms with Gasteiger partial charge in [0.05, 0.1) is 11.2 Å². The van der Waals surface area contributed by atoms with E-state index in [9.17, 15) is 0 Å². The fraction of sp³-hybridized carbons (Fsp3) is 0.375. The molecule has 0 radical (unpaired) electrons. The fourth-order valence-electron chi connectivity index (χ4n) is 3.83. The zero-order chi connectivity index (χ0) is 15.5. The Hall–Kier alpha value is -0.870. The molecular formula is C16H14Cl3N3. The molecule has 1 aliphatic heterocycles. The van der Waals surface area contributed by atoms with Crippen molar-refractivity contribution in [1.29, 1.82) is 0 Å². The van der Waals surface area contributed by atoms with Gasteiger partial charge in [0.15, 0.2) is 0 Å². The summed E-state index contributed by atoms with van der Waals surface area (Å²) in [5.74, 6) is 0. The van der Waals surface area contributed by atoms with Crippen molar-refractivity contribution in [2.75, 3.05) is 7.05 Å². The molecule has 2 heterocycles. The van der Waals surface area contributed by atoms with Crippen LogP contribution in [0, 0.1) is 0 Å². The molecule has 0 fully saturated rings. The molecule has 0 amide bonds. The molecule has 114 valence electrons. The van der Waals surface area contributed by atoms with Gasteiger partial charge in [-0.25, -0.2) is 9.97 Å². The maximum atomic E-state index is 6.25. The third-order valence-corrected chi connectivity index (χ3v) is 5.70. The Bertz CT molecular complexity index is 777. The molecule has 2 aliphatic rings. The van der Waals surface area contributed by atoms with Gasteiger partial charge >= 0.3 is 0 Å². The van der Waals surface area contributed by atoms with Gasteiger partial charge in [-0.3, -0.25) is 4.90 Å². The van der Waals surface area contributed by atoms with Crippen LogP contribution in [0.3, 0.4) is 0 Å². The summed E-state index contributed by atoms with van der Waals surface area (Å²) in [6.07, 6.45) is 2.89. The molecule has 1 atom stereocenters. The average molecular weight is 355 g/mol. The number of aryl methyl sites for hydroxylation is 1. The minimum atomic E-state index is -0.0752. The van der Waals surface area contributed by atoms with Crippen molar-refractivity contribution in [2.45, 2.75) is 31.3 Å². The van der Waals surface area contributed by atoms with Gasteiger partial charge in [0.25, 0.3) is 0 Å². The van der Waals surface area contributed by atoms with Crippen molar-refractivity contribution >= 4 is 34.8 Å². The van der Waals surface area contributed by atoms with Crippen LogP contribution in [0.2, 0.25) is 15.5 Å². The Morgan fingerprint density at radius 2 is 2.00 bits per heavy atom. The Kier molecular flexibility index (Phi) is 3.39. The number of hydrogen-bond donors (Lipinski definition) is 0. The molecule has 1 aliphatic carbocycles. The van der Waals surface area contributed by atoms with Crippen molar-refractivity contribution in [3.8, 4) is 0 Å². The molecular weight excluding hydrogens is 341 g/mol. The van der Waals surface area contributed by atoms with Crippen molar-refractivity contribution < 1.29 is 0 Å². The van der Waals surface area contributed by atoms with Gasteiger partial charge in [0, 0.05) is 23.6 Å². The highest BCUT2D eigenvalue weighted by Crippen LogP contribution is 2.48. The Morgan fingerprint density at radius 1 is 1.18 bits per heavy atom. The Labute approximate surface area is 144 Å². The second-order valence-electron chi connectivity index (χ2n) is 6.07. The Morgan fingerprint density at radius 3 is 2.82 bits per heavy atom. The summed E-state index contributed by atoms with van der Waals surface area (Å²) in [5, 5.41) is 1.45. The number of hydrogen-bond acceptors (Lipinski definition) is 3. The number of benzene rings is 1. The topological polar surface area (TPSA) is 29.0 Å². The van der Waals surface area contributed by atoms with Crippen LogP contribution in [0.1, 0.15) is 28.8 Å². The first-order valence-electron chi connectivity index (χ1n) is 7.20. The summed E-state index contributed by atoms with van der Waals surface area (Å²) in [4.78, 5) is 10.8. The van der Waals surface area contributed by atoms with Gasteiger partial charge in [-0.05, 0) is 54.7 Å². The van der Waals surface area contributed by atoms with Gasteiger partial charge < -0.3 is 0 Å². The van der Waals surface area contributed by atoms with Crippen LogP contribution < -0.4 is 0 Å². The van der Waals surface area contributed by atoms with Crippen LogP contribution in [0.15, 0.2) is 18.2 Å². The summed E-state index contributed by atoms with van der Waals surface area (Å²) in [6, 6.07) is 6.19. The third kappa shape index (κ3) is 2.07. The van der Waals surface area contributed by atoms with Gasteiger partial charge in [-0.15, -0.1) is 0 Å². The van der Waals surface area contributed by atoms with E-state index in [2.05, 4.69) is 34.0 Å². The van der Waals surface area contributed by atoms with Crippen LogP contribution >= 0.6 is 34.8 Å². The van der Waals surface area contributed by atoms with Gasteiger partial charge in [-0.2, -0.15) is 0 Å². The molecule has 6 heteroatoms. The molecule has 2 aromatic rings. The second kappa shape index (κ2) is 5.07. The van der Waals surface area contributed by atoms with Gasteiger partial charge in [0.1, 0.15) is 5.15 Å². The molecule has 3 nitrogen and oxygen atoms in total. The first-order chi connectivity index (χ1) is 10.5. The largest absolute Gasteiger partial charge is 0.292 e. The van der Waals surface area contributed by atoms with E-state index in [-0.39, 0.29) is 10.8 Å². The zero-order valence-electron chi connectivity index (χ0n) is 12.0. The first-order valence-corrected chi connectivity index (χ1v) is 8.34. The maximum absolute atomic E-state index is 6.25. The number of halogens is 3. The standard InChI is InChI=1S/C16H14Cl3N3/c1-22-8-11-13(20-15(19)21-14(11)18)7-16(22)5-4-9-2-3-10(17)6-12(9)16/h2-3,6H,4-5,7-8H2,1H3. The van der Waals surface area contributed by atoms with Crippen molar-refractivity contribution in [1.82, 2.24) is 14.9 Å². The lowest BCUT2D eigenvalue weighted by Crippen LogP contribution is -2.47. The van der Waals surface area contributed by atoms with Crippen LogP contribution in [0.5, 0.6) is 0 Å². The van der Waals surface area contributed by atoms with Gasteiger partial charge in [-0.1, -0.05) is 29.3 Å². The third-order valence-electron chi connectivity index (χ3n) is 4.98. The molecule has 4 rings (SSSR count). The molecule has 1 spiro atoms. The monoisotopic (exact) mass is 353 g/mol. The van der Waals surface area contributed by atoms with Crippen LogP contribution in [-0.4, -0.2) is 21.9 Å². The summed E-state index contributed by atoms with van der Waals surface area (Å²) >= 11 is 18.5. The van der Waals surface area contributed by atoms with E-state index in [0.29, 0.717) is 5.15 Å². The van der Waals surface area contributed by atoms with Crippen molar-refractivity contribution in [2.24, 2.45) is 0 Å². The van der Waals surface area contributed by atoms with E-state index < -0.39 is 0 Å². The lowest BCUT2D eigenvalue weighted by molar-refractivity contribution is 0.0930. The molecule has 1 unspecified atom stereocenters. The van der Waals surface area contributed by atoms with E-state index in [1.54, 1.807) is 0 Å². The number of fused-ring (bicyclic) bond motifs is 3. The molecule has 22 heavy (non-hydrogen) atoms. The predicted octanol–water partition coefficient (Wildman–Crippen LogP) is 4.27. The first kappa shape index (κ1) is 14.7. The minimum Gasteiger partial charge on any atom is -0.292 e. The molecule has 0 saturated heterocycles. The number of rotatable bonds is 0. The molecule has 1 aromatic carbocycles. The van der Waals surface area contributed by atoms with Gasteiger partial charge in [0.2, 0.25) is 5.28 Å². The summed E-state index contributed by atoms with van der Waals surface area (Å²) in [6.45, 7) is 0.720. The summed E-state index contributed by atoms with van der Waals surface area (Å²) in [7, 11) is 2.13. The summed E-state index contributed by atoms with van der Waals surface area (Å²) < 4.78 is 0. The quantitative estimate of drug-likeness (QED) is 0.523. The van der Waals surface area contributed by atoms with Crippen LogP contribution in [-0.2, 0) is 24.9 Å². The Balaban J connectivity index is 1.87. The van der Waals surface area contributed by atoms with Crippen LogP contribution in [0.4, 0.5) is 0 Å². The second-order valence-corrected chi connectivity index (χ2v) is 7.21. The van der Waals surface area contributed by atoms with Crippen LogP contribution in [0.25, 0.3) is 0 Å². The lowest BCUT2D eigenvalue weighted by atomic mass is 9.81. The van der Waals surface area contributed by atoms with E-state index in [1.807, 2.05) is 6.07 Å². The summed E-state index contributed by atoms with van der Waals surface area (Å²) in [5.41, 5.74) is 4.53. The number of aromatic nitrogens is 2. The predicted molar refractivity (Wildman–Crippen MR) is 88.7 cm³/mol. The number of likely N-dealkylation sites (N-methyl/N-ethyl adjacent to an activating group) is 1. The highest BCUT2D eigenvalue weighted by atomic mass is 35.5. The van der Waals surface area contributed by atoms with E-state index >= 15 is 0 Å². The van der Waals surface area contributed by atoms with Crippen molar-refractivity contribution in [3.63, 3.8) is 0 Å². The highest BCUT2D eigenvalue weighted by Gasteiger charge is 2.46.